The molecule has 0 spiro atoms. The van der Waals surface area contributed by atoms with Gasteiger partial charge >= 0.3 is 0 Å². The van der Waals surface area contributed by atoms with Gasteiger partial charge in [0, 0.05) is 36.8 Å². The van der Waals surface area contributed by atoms with Crippen molar-refractivity contribution in [3.05, 3.63) is 35.4 Å². The highest BCUT2D eigenvalue weighted by molar-refractivity contribution is 5.20. The molecule has 1 fully saturated rings. The third kappa shape index (κ3) is 3.36. The average Bonchev–Trinajstić information content (AvgIpc) is 2.32. The lowest BCUT2D eigenvalue weighted by Crippen LogP contribution is -2.62. The SMILES string of the molecule is CC(C)C1CNC(C)(C)CN1Cc1c(F)cccc1F. The van der Waals surface area contributed by atoms with Crippen molar-refractivity contribution in [3.63, 3.8) is 0 Å². The molecule has 1 aromatic rings. The number of benzene rings is 1. The second-order valence-electron chi connectivity index (χ2n) is 6.68. The maximum atomic E-state index is 13.8. The molecule has 1 aromatic carbocycles. The number of rotatable bonds is 3. The van der Waals surface area contributed by atoms with E-state index in [4.69, 9.17) is 0 Å². The van der Waals surface area contributed by atoms with Crippen LogP contribution in [0, 0.1) is 17.6 Å². The monoisotopic (exact) mass is 282 g/mol. The first-order valence-corrected chi connectivity index (χ1v) is 7.22. The molecule has 0 radical (unpaired) electrons. The Morgan fingerprint density at radius 3 is 2.45 bits per heavy atom. The lowest BCUT2D eigenvalue weighted by molar-refractivity contribution is 0.0608. The molecule has 1 aliphatic heterocycles. The van der Waals surface area contributed by atoms with Gasteiger partial charge in [-0.3, -0.25) is 4.90 Å². The zero-order chi connectivity index (χ0) is 14.9. The van der Waals surface area contributed by atoms with Crippen LogP contribution >= 0.6 is 0 Å². The van der Waals surface area contributed by atoms with Crippen molar-refractivity contribution in [1.29, 1.82) is 0 Å². The highest BCUT2D eigenvalue weighted by Gasteiger charge is 2.34. The number of nitrogens with one attached hydrogen (secondary N) is 1. The van der Waals surface area contributed by atoms with Gasteiger partial charge in [0.1, 0.15) is 11.6 Å². The largest absolute Gasteiger partial charge is 0.309 e. The Bertz CT molecular complexity index is 451. The predicted octanol–water partition coefficient (Wildman–Crippen LogP) is 3.17. The highest BCUT2D eigenvalue weighted by atomic mass is 19.1. The van der Waals surface area contributed by atoms with E-state index >= 15 is 0 Å². The van der Waals surface area contributed by atoms with Crippen LogP contribution in [-0.4, -0.2) is 29.6 Å². The van der Waals surface area contributed by atoms with E-state index < -0.39 is 11.6 Å². The minimum Gasteiger partial charge on any atom is -0.309 e. The highest BCUT2D eigenvalue weighted by Crippen LogP contribution is 2.24. The summed E-state index contributed by atoms with van der Waals surface area (Å²) in [5.74, 6) is -0.471. The van der Waals surface area contributed by atoms with E-state index in [-0.39, 0.29) is 11.1 Å². The van der Waals surface area contributed by atoms with Gasteiger partial charge in [-0.2, -0.15) is 0 Å². The van der Waals surface area contributed by atoms with Gasteiger partial charge < -0.3 is 5.32 Å². The standard InChI is InChI=1S/C16H24F2N2/c1-11(2)15-8-19-16(3,4)10-20(15)9-12-13(17)6-5-7-14(12)18/h5-7,11,15,19H,8-10H2,1-4H3. The summed E-state index contributed by atoms with van der Waals surface area (Å²) >= 11 is 0. The molecule has 1 atom stereocenters. The van der Waals surface area contributed by atoms with Gasteiger partial charge in [-0.05, 0) is 31.9 Å². The minimum atomic E-state index is -0.455. The molecule has 1 unspecified atom stereocenters. The molecule has 4 heteroatoms. The van der Waals surface area contributed by atoms with Crippen LogP contribution in [0.15, 0.2) is 18.2 Å². The molecule has 0 bridgehead atoms. The molecule has 0 aliphatic carbocycles. The Morgan fingerprint density at radius 1 is 1.30 bits per heavy atom. The Kier molecular flexibility index (Phi) is 4.45. The van der Waals surface area contributed by atoms with Gasteiger partial charge in [-0.15, -0.1) is 0 Å². The molecular formula is C16H24F2N2. The second kappa shape index (κ2) is 5.78. The topological polar surface area (TPSA) is 15.3 Å². The van der Waals surface area contributed by atoms with Gasteiger partial charge in [0.2, 0.25) is 0 Å². The van der Waals surface area contributed by atoms with Crippen LogP contribution < -0.4 is 5.32 Å². The van der Waals surface area contributed by atoms with E-state index in [1.807, 2.05) is 0 Å². The molecule has 1 heterocycles. The van der Waals surface area contributed by atoms with Gasteiger partial charge in [0.15, 0.2) is 0 Å². The molecular weight excluding hydrogens is 258 g/mol. The number of hydrogen-bond acceptors (Lipinski definition) is 2. The second-order valence-corrected chi connectivity index (χ2v) is 6.68. The van der Waals surface area contributed by atoms with E-state index in [1.54, 1.807) is 0 Å². The van der Waals surface area contributed by atoms with Crippen molar-refractivity contribution in [2.24, 2.45) is 5.92 Å². The van der Waals surface area contributed by atoms with Gasteiger partial charge in [0.05, 0.1) is 0 Å². The first-order valence-electron chi connectivity index (χ1n) is 7.22. The van der Waals surface area contributed by atoms with Gasteiger partial charge in [-0.1, -0.05) is 19.9 Å². The summed E-state index contributed by atoms with van der Waals surface area (Å²) < 4.78 is 27.7. The molecule has 20 heavy (non-hydrogen) atoms. The Morgan fingerprint density at radius 2 is 1.90 bits per heavy atom. The van der Waals surface area contributed by atoms with Crippen LogP contribution in [0.2, 0.25) is 0 Å². The third-order valence-corrected chi connectivity index (χ3v) is 4.05. The summed E-state index contributed by atoms with van der Waals surface area (Å²) in [7, 11) is 0. The summed E-state index contributed by atoms with van der Waals surface area (Å²) in [5, 5.41) is 3.51. The van der Waals surface area contributed by atoms with Crippen molar-refractivity contribution >= 4 is 0 Å². The number of piperazine rings is 1. The van der Waals surface area contributed by atoms with Gasteiger partial charge in [-0.25, -0.2) is 8.78 Å². The first kappa shape index (κ1) is 15.4. The normalized spacial score (nSPS) is 23.2. The quantitative estimate of drug-likeness (QED) is 0.916. The van der Waals surface area contributed by atoms with E-state index in [0.29, 0.717) is 18.5 Å². The number of nitrogens with zero attached hydrogens (tertiary/aromatic N) is 1. The van der Waals surface area contributed by atoms with Gasteiger partial charge in [0.25, 0.3) is 0 Å². The Labute approximate surface area is 120 Å². The van der Waals surface area contributed by atoms with Crippen LogP contribution in [0.1, 0.15) is 33.3 Å². The molecule has 2 nitrogen and oxygen atoms in total. The maximum absolute atomic E-state index is 13.8. The maximum Gasteiger partial charge on any atom is 0.130 e. The van der Waals surface area contributed by atoms with E-state index in [2.05, 4.69) is 37.9 Å². The molecule has 112 valence electrons. The van der Waals surface area contributed by atoms with Crippen molar-refractivity contribution in [2.45, 2.75) is 45.8 Å². The fourth-order valence-corrected chi connectivity index (χ4v) is 2.91. The van der Waals surface area contributed by atoms with E-state index in [1.165, 1.54) is 18.2 Å². The van der Waals surface area contributed by atoms with Crippen molar-refractivity contribution in [3.8, 4) is 0 Å². The summed E-state index contributed by atoms with van der Waals surface area (Å²) in [6, 6.07) is 4.37. The lowest BCUT2D eigenvalue weighted by Gasteiger charge is -2.46. The molecule has 2 rings (SSSR count). The average molecular weight is 282 g/mol. The summed E-state index contributed by atoms with van der Waals surface area (Å²) in [5.41, 5.74) is 0.142. The van der Waals surface area contributed by atoms with Crippen LogP contribution in [0.25, 0.3) is 0 Å². The zero-order valence-corrected chi connectivity index (χ0v) is 12.7. The summed E-state index contributed by atoms with van der Waals surface area (Å²) in [4.78, 5) is 2.20. The number of hydrogen-bond donors (Lipinski definition) is 1. The van der Waals surface area contributed by atoms with Crippen molar-refractivity contribution < 1.29 is 8.78 Å². The Balaban J connectivity index is 2.23. The smallest absolute Gasteiger partial charge is 0.130 e. The third-order valence-electron chi connectivity index (χ3n) is 4.05. The molecule has 0 amide bonds. The lowest BCUT2D eigenvalue weighted by atomic mass is 9.92. The fourth-order valence-electron chi connectivity index (χ4n) is 2.91. The molecule has 1 N–H and O–H groups in total. The molecule has 0 saturated carbocycles. The van der Waals surface area contributed by atoms with Crippen LogP contribution in [-0.2, 0) is 6.54 Å². The van der Waals surface area contributed by atoms with E-state index in [0.717, 1.165) is 13.1 Å². The van der Waals surface area contributed by atoms with E-state index in [9.17, 15) is 8.78 Å². The molecule has 0 aromatic heterocycles. The molecule has 1 saturated heterocycles. The first-order chi connectivity index (χ1) is 9.30. The van der Waals surface area contributed by atoms with Crippen LogP contribution in [0.3, 0.4) is 0 Å². The number of halogens is 2. The van der Waals surface area contributed by atoms with Crippen molar-refractivity contribution in [1.82, 2.24) is 10.2 Å². The van der Waals surface area contributed by atoms with Crippen LogP contribution in [0.4, 0.5) is 8.78 Å². The van der Waals surface area contributed by atoms with Crippen LogP contribution in [0.5, 0.6) is 0 Å². The summed E-state index contributed by atoms with van der Waals surface area (Å²) in [6.07, 6.45) is 0. The zero-order valence-electron chi connectivity index (χ0n) is 12.7. The molecule has 1 aliphatic rings. The summed E-state index contributed by atoms with van der Waals surface area (Å²) in [6.45, 7) is 10.5. The van der Waals surface area contributed by atoms with Crippen molar-refractivity contribution in [2.75, 3.05) is 13.1 Å². The minimum absolute atomic E-state index is 0.0346. The Hall–Kier alpha value is -1.00. The predicted molar refractivity (Wildman–Crippen MR) is 77.5 cm³/mol. The fraction of sp³-hybridized carbons (Fsp3) is 0.625.